The number of aryl methyl sites for hydroxylation is 1. The van der Waals surface area contributed by atoms with E-state index in [0.717, 1.165) is 36.4 Å². The second kappa shape index (κ2) is 6.49. The molecule has 0 aliphatic carbocycles. The Morgan fingerprint density at radius 3 is 2.81 bits per heavy atom. The summed E-state index contributed by atoms with van der Waals surface area (Å²) < 4.78 is 3.11. The van der Waals surface area contributed by atoms with Gasteiger partial charge in [-0.1, -0.05) is 12.1 Å². The van der Waals surface area contributed by atoms with Crippen molar-refractivity contribution in [1.82, 2.24) is 24.0 Å². The fourth-order valence-corrected chi connectivity index (χ4v) is 3.63. The van der Waals surface area contributed by atoms with Gasteiger partial charge in [0.15, 0.2) is 0 Å². The summed E-state index contributed by atoms with van der Waals surface area (Å²) in [5, 5.41) is 0.636. The summed E-state index contributed by atoms with van der Waals surface area (Å²) in [6.45, 7) is 1.47. The zero-order chi connectivity index (χ0) is 18.3. The number of hydrogen-bond donors (Lipinski definition) is 0. The molecule has 4 rings (SSSR count). The summed E-state index contributed by atoms with van der Waals surface area (Å²) in [4.78, 5) is 35.9. The summed E-state index contributed by atoms with van der Waals surface area (Å²) >= 11 is 0. The molecule has 3 aromatic rings. The average Bonchev–Trinajstić information content (AvgIpc) is 3.09. The van der Waals surface area contributed by atoms with Gasteiger partial charge in [-0.3, -0.25) is 19.1 Å². The van der Waals surface area contributed by atoms with E-state index in [-0.39, 0.29) is 17.2 Å². The van der Waals surface area contributed by atoms with Gasteiger partial charge in [0.25, 0.3) is 11.1 Å². The summed E-state index contributed by atoms with van der Waals surface area (Å²) in [6, 6.07) is 9.06. The molecule has 134 valence electrons. The molecule has 3 heterocycles. The highest BCUT2D eigenvalue weighted by molar-refractivity contribution is 5.77. The SMILES string of the molecule is Cn1cnc(CN2CCCC2c2nc3ccccc3c(=O)n2C)cc1=O. The number of nitrogens with zero attached hydrogens (tertiary/aromatic N) is 5. The maximum atomic E-state index is 12.7. The Morgan fingerprint density at radius 2 is 2.00 bits per heavy atom. The van der Waals surface area contributed by atoms with Crippen LogP contribution in [0.25, 0.3) is 10.9 Å². The van der Waals surface area contributed by atoms with E-state index in [1.165, 1.54) is 4.57 Å². The average molecular weight is 351 g/mol. The van der Waals surface area contributed by atoms with E-state index in [1.807, 2.05) is 24.3 Å². The minimum atomic E-state index is -0.0676. The molecule has 0 saturated carbocycles. The van der Waals surface area contributed by atoms with Gasteiger partial charge in [0.1, 0.15) is 5.82 Å². The van der Waals surface area contributed by atoms with Crippen LogP contribution >= 0.6 is 0 Å². The molecule has 1 aliphatic rings. The monoisotopic (exact) mass is 351 g/mol. The third kappa shape index (κ3) is 2.84. The van der Waals surface area contributed by atoms with Crippen molar-refractivity contribution in [1.29, 1.82) is 0 Å². The minimum absolute atomic E-state index is 0.0239. The van der Waals surface area contributed by atoms with Crippen LogP contribution in [0, 0.1) is 0 Å². The Balaban J connectivity index is 1.71. The van der Waals surface area contributed by atoms with E-state index in [1.54, 1.807) is 31.1 Å². The van der Waals surface area contributed by atoms with Crippen molar-refractivity contribution < 1.29 is 0 Å². The Bertz CT molecular complexity index is 1090. The first kappa shape index (κ1) is 16.7. The molecule has 0 spiro atoms. The number of rotatable bonds is 3. The molecule has 1 saturated heterocycles. The molecule has 1 atom stereocenters. The normalized spacial score (nSPS) is 17.8. The lowest BCUT2D eigenvalue weighted by molar-refractivity contribution is 0.232. The van der Waals surface area contributed by atoms with E-state index in [2.05, 4.69) is 9.88 Å². The zero-order valence-electron chi connectivity index (χ0n) is 14.9. The van der Waals surface area contributed by atoms with Crippen LogP contribution in [0.1, 0.15) is 30.4 Å². The van der Waals surface area contributed by atoms with Crippen molar-refractivity contribution in [3.63, 3.8) is 0 Å². The van der Waals surface area contributed by atoms with Gasteiger partial charge < -0.3 is 4.57 Å². The van der Waals surface area contributed by atoms with Gasteiger partial charge in [0.2, 0.25) is 0 Å². The number of likely N-dealkylation sites (tertiary alicyclic amines) is 1. The zero-order valence-corrected chi connectivity index (χ0v) is 14.9. The van der Waals surface area contributed by atoms with E-state index in [0.29, 0.717) is 11.9 Å². The molecule has 1 unspecified atom stereocenters. The highest BCUT2D eigenvalue weighted by atomic mass is 16.1. The highest BCUT2D eigenvalue weighted by Crippen LogP contribution is 2.31. The van der Waals surface area contributed by atoms with Crippen LogP contribution in [0.2, 0.25) is 0 Å². The standard InChI is InChI=1S/C19H21N5O2/c1-22-12-20-13(10-17(22)25)11-24-9-5-8-16(24)18-21-15-7-4-3-6-14(15)19(26)23(18)2/h3-4,6-7,10,12,16H,5,8-9,11H2,1-2H3. The molecule has 0 amide bonds. The van der Waals surface area contributed by atoms with Crippen LogP contribution < -0.4 is 11.1 Å². The topological polar surface area (TPSA) is 73.0 Å². The van der Waals surface area contributed by atoms with Gasteiger partial charge in [-0.2, -0.15) is 0 Å². The third-order valence-corrected chi connectivity index (χ3v) is 5.08. The number of fused-ring (bicyclic) bond motifs is 1. The molecule has 1 fully saturated rings. The Morgan fingerprint density at radius 1 is 1.19 bits per heavy atom. The summed E-state index contributed by atoms with van der Waals surface area (Å²) in [6.07, 6.45) is 3.51. The number of para-hydroxylation sites is 1. The van der Waals surface area contributed by atoms with Crippen molar-refractivity contribution in [2.24, 2.45) is 14.1 Å². The van der Waals surface area contributed by atoms with Crippen LogP contribution in [-0.4, -0.2) is 30.5 Å². The first-order valence-electron chi connectivity index (χ1n) is 8.76. The number of aromatic nitrogens is 4. The van der Waals surface area contributed by atoms with Crippen LogP contribution in [0.15, 0.2) is 46.2 Å². The highest BCUT2D eigenvalue weighted by Gasteiger charge is 2.30. The van der Waals surface area contributed by atoms with Crippen LogP contribution in [0.5, 0.6) is 0 Å². The fraction of sp³-hybridized carbons (Fsp3) is 0.368. The van der Waals surface area contributed by atoms with Crippen LogP contribution in [0.4, 0.5) is 0 Å². The van der Waals surface area contributed by atoms with Crippen molar-refractivity contribution >= 4 is 10.9 Å². The van der Waals surface area contributed by atoms with E-state index in [4.69, 9.17) is 4.98 Å². The number of benzene rings is 1. The molecule has 0 bridgehead atoms. The lowest BCUT2D eigenvalue weighted by Gasteiger charge is -2.25. The predicted molar refractivity (Wildman–Crippen MR) is 98.8 cm³/mol. The largest absolute Gasteiger partial charge is 0.302 e. The lowest BCUT2D eigenvalue weighted by atomic mass is 10.1. The van der Waals surface area contributed by atoms with Gasteiger partial charge >= 0.3 is 0 Å². The Hall–Kier alpha value is -2.80. The third-order valence-electron chi connectivity index (χ3n) is 5.08. The smallest absolute Gasteiger partial charge is 0.261 e. The van der Waals surface area contributed by atoms with E-state index in [9.17, 15) is 9.59 Å². The van der Waals surface area contributed by atoms with Gasteiger partial charge in [0, 0.05) is 26.7 Å². The molecular formula is C19H21N5O2. The summed E-state index contributed by atoms with van der Waals surface area (Å²) in [5.74, 6) is 0.773. The van der Waals surface area contributed by atoms with Gasteiger partial charge in [0.05, 0.1) is 29.0 Å². The predicted octanol–water partition coefficient (Wildman–Crippen LogP) is 1.36. The van der Waals surface area contributed by atoms with E-state index < -0.39 is 0 Å². The first-order valence-corrected chi connectivity index (χ1v) is 8.76. The van der Waals surface area contributed by atoms with E-state index >= 15 is 0 Å². The van der Waals surface area contributed by atoms with Crippen molar-refractivity contribution in [2.45, 2.75) is 25.4 Å². The maximum Gasteiger partial charge on any atom is 0.261 e. The Labute approximate surface area is 150 Å². The molecule has 0 radical (unpaired) electrons. The lowest BCUT2D eigenvalue weighted by Crippen LogP contribution is -2.31. The molecule has 7 nitrogen and oxygen atoms in total. The molecule has 7 heteroatoms. The van der Waals surface area contributed by atoms with Crippen LogP contribution in [0.3, 0.4) is 0 Å². The summed E-state index contributed by atoms with van der Waals surface area (Å²) in [5.41, 5.74) is 1.38. The molecular weight excluding hydrogens is 330 g/mol. The van der Waals surface area contributed by atoms with Gasteiger partial charge in [-0.15, -0.1) is 0 Å². The molecule has 1 aliphatic heterocycles. The molecule has 0 N–H and O–H groups in total. The second-order valence-electron chi connectivity index (χ2n) is 6.81. The molecule has 1 aromatic carbocycles. The van der Waals surface area contributed by atoms with Gasteiger partial charge in [-0.25, -0.2) is 9.97 Å². The van der Waals surface area contributed by atoms with Crippen molar-refractivity contribution in [3.05, 3.63) is 68.9 Å². The minimum Gasteiger partial charge on any atom is -0.302 e. The maximum absolute atomic E-state index is 12.7. The first-order chi connectivity index (χ1) is 12.5. The fourth-order valence-electron chi connectivity index (χ4n) is 3.63. The van der Waals surface area contributed by atoms with Gasteiger partial charge in [-0.05, 0) is 31.5 Å². The summed E-state index contributed by atoms with van der Waals surface area (Å²) in [7, 11) is 3.47. The Kier molecular flexibility index (Phi) is 4.16. The van der Waals surface area contributed by atoms with Crippen LogP contribution in [-0.2, 0) is 20.6 Å². The van der Waals surface area contributed by atoms with Crippen molar-refractivity contribution in [3.8, 4) is 0 Å². The molecule has 2 aromatic heterocycles. The van der Waals surface area contributed by atoms with Crippen molar-refractivity contribution in [2.75, 3.05) is 6.54 Å². The molecule has 26 heavy (non-hydrogen) atoms. The second-order valence-corrected chi connectivity index (χ2v) is 6.81. The number of hydrogen-bond acceptors (Lipinski definition) is 5. The quantitative estimate of drug-likeness (QED) is 0.712.